The Balaban J connectivity index is 1.79. The molecule has 2 aromatic carbocycles. The first-order chi connectivity index (χ1) is 11.7. The summed E-state index contributed by atoms with van der Waals surface area (Å²) in [6, 6.07) is 14.2. The molecule has 122 valence electrons. The number of nitrogens with one attached hydrogen (secondary N) is 1. The number of rotatable bonds is 5. The van der Waals surface area contributed by atoms with Gasteiger partial charge in [-0.3, -0.25) is 0 Å². The van der Waals surface area contributed by atoms with Crippen molar-refractivity contribution in [2.45, 2.75) is 6.92 Å². The Kier molecular flexibility index (Phi) is 4.77. The molecule has 3 aromatic rings. The average molecular weight is 344 g/mol. The molecule has 0 bridgehead atoms. The van der Waals surface area contributed by atoms with E-state index in [-0.39, 0.29) is 12.3 Å². The first kappa shape index (κ1) is 16.0. The lowest BCUT2D eigenvalue weighted by atomic mass is 10.1. The highest BCUT2D eigenvalue weighted by molar-refractivity contribution is 6.30. The van der Waals surface area contributed by atoms with Crippen LogP contribution in [0.15, 0.2) is 48.5 Å². The smallest absolute Gasteiger partial charge is 0.361 e. The minimum absolute atomic E-state index is 0.156. The van der Waals surface area contributed by atoms with Crippen molar-refractivity contribution in [3.8, 4) is 22.8 Å². The molecule has 24 heavy (non-hydrogen) atoms. The molecule has 3 rings (SSSR count). The van der Waals surface area contributed by atoms with Crippen molar-refractivity contribution >= 4 is 17.6 Å². The van der Waals surface area contributed by atoms with E-state index in [1.54, 1.807) is 55.5 Å². The third-order valence-corrected chi connectivity index (χ3v) is 3.45. The molecule has 0 aliphatic heterocycles. The minimum Gasteiger partial charge on any atom is -0.461 e. The fourth-order valence-electron chi connectivity index (χ4n) is 2.09. The second-order valence-corrected chi connectivity index (χ2v) is 5.26. The molecule has 1 heterocycles. The fourth-order valence-corrected chi connectivity index (χ4v) is 2.22. The number of carbonyl (C=O) groups is 1. The van der Waals surface area contributed by atoms with Crippen LogP contribution in [0.1, 0.15) is 17.4 Å². The van der Waals surface area contributed by atoms with E-state index in [1.165, 1.54) is 0 Å². The van der Waals surface area contributed by atoms with Gasteiger partial charge >= 0.3 is 5.97 Å². The predicted octanol–water partition coefficient (Wildman–Crippen LogP) is 4.09. The Morgan fingerprint density at radius 1 is 1.04 bits per heavy atom. The van der Waals surface area contributed by atoms with Gasteiger partial charge in [0, 0.05) is 10.6 Å². The number of aromatic nitrogens is 3. The highest BCUT2D eigenvalue weighted by Gasteiger charge is 2.18. The normalized spacial score (nSPS) is 10.4. The molecule has 6 nitrogen and oxygen atoms in total. The molecule has 0 aliphatic carbocycles. The Bertz CT molecular complexity index is 829. The molecule has 7 heteroatoms. The van der Waals surface area contributed by atoms with Crippen molar-refractivity contribution in [1.82, 2.24) is 15.4 Å². The summed E-state index contributed by atoms with van der Waals surface area (Å²) in [5, 5.41) is 11.0. The van der Waals surface area contributed by atoms with Crippen LogP contribution in [0.2, 0.25) is 5.02 Å². The maximum atomic E-state index is 11.9. The number of H-pyrrole nitrogens is 1. The standard InChI is InChI=1S/C17H14ClN3O3/c1-2-23-17(22)16-15(19-21-20-16)11-3-7-13(8-4-11)24-14-9-5-12(18)6-10-14/h3-10H,2H2,1H3,(H,19,20,21). The van der Waals surface area contributed by atoms with Gasteiger partial charge in [-0.2, -0.15) is 10.3 Å². The summed E-state index contributed by atoms with van der Waals surface area (Å²) < 4.78 is 10.7. The van der Waals surface area contributed by atoms with Crippen LogP contribution in [-0.4, -0.2) is 28.0 Å². The van der Waals surface area contributed by atoms with E-state index in [9.17, 15) is 4.79 Å². The number of nitrogens with zero attached hydrogens (tertiary/aromatic N) is 2. The van der Waals surface area contributed by atoms with Crippen molar-refractivity contribution in [2.24, 2.45) is 0 Å². The molecule has 0 amide bonds. The lowest BCUT2D eigenvalue weighted by molar-refractivity contribution is 0.0520. The van der Waals surface area contributed by atoms with Gasteiger partial charge in [-0.25, -0.2) is 4.79 Å². The van der Waals surface area contributed by atoms with E-state index in [1.807, 2.05) is 0 Å². The van der Waals surface area contributed by atoms with Crippen LogP contribution in [-0.2, 0) is 4.74 Å². The fraction of sp³-hybridized carbons (Fsp3) is 0.118. The quantitative estimate of drug-likeness (QED) is 0.706. The summed E-state index contributed by atoms with van der Waals surface area (Å²) in [5.74, 6) is 0.825. The highest BCUT2D eigenvalue weighted by Crippen LogP contribution is 2.27. The number of esters is 1. The zero-order valence-electron chi connectivity index (χ0n) is 12.8. The van der Waals surface area contributed by atoms with Gasteiger partial charge in [0.1, 0.15) is 17.2 Å². The molecule has 0 saturated heterocycles. The molecular formula is C17H14ClN3O3. The second kappa shape index (κ2) is 7.14. The van der Waals surface area contributed by atoms with E-state index < -0.39 is 5.97 Å². The lowest BCUT2D eigenvalue weighted by Gasteiger charge is -2.06. The summed E-state index contributed by atoms with van der Waals surface area (Å²) in [6.45, 7) is 2.01. The van der Waals surface area contributed by atoms with Crippen LogP contribution in [0, 0.1) is 0 Å². The zero-order chi connectivity index (χ0) is 16.9. The van der Waals surface area contributed by atoms with E-state index in [4.69, 9.17) is 21.1 Å². The molecule has 1 N–H and O–H groups in total. The van der Waals surface area contributed by atoms with Gasteiger partial charge in [0.25, 0.3) is 0 Å². The van der Waals surface area contributed by atoms with Gasteiger partial charge < -0.3 is 9.47 Å². The van der Waals surface area contributed by atoms with Crippen LogP contribution in [0.4, 0.5) is 0 Å². The van der Waals surface area contributed by atoms with Crippen molar-refractivity contribution in [1.29, 1.82) is 0 Å². The van der Waals surface area contributed by atoms with Crippen LogP contribution >= 0.6 is 11.6 Å². The van der Waals surface area contributed by atoms with Gasteiger partial charge in [0.15, 0.2) is 5.69 Å². The van der Waals surface area contributed by atoms with Crippen LogP contribution < -0.4 is 4.74 Å². The lowest BCUT2D eigenvalue weighted by Crippen LogP contribution is -2.06. The van der Waals surface area contributed by atoms with Crippen molar-refractivity contribution in [3.63, 3.8) is 0 Å². The number of hydrogen-bond acceptors (Lipinski definition) is 5. The number of ether oxygens (including phenoxy) is 2. The summed E-state index contributed by atoms with van der Waals surface area (Å²) in [6.07, 6.45) is 0. The maximum Gasteiger partial charge on any atom is 0.361 e. The Hall–Kier alpha value is -2.86. The van der Waals surface area contributed by atoms with Gasteiger partial charge in [-0.05, 0) is 55.5 Å². The molecule has 0 saturated carbocycles. The maximum absolute atomic E-state index is 11.9. The van der Waals surface area contributed by atoms with Crippen molar-refractivity contribution < 1.29 is 14.3 Å². The Labute approximate surface area is 143 Å². The largest absolute Gasteiger partial charge is 0.461 e. The highest BCUT2D eigenvalue weighted by atomic mass is 35.5. The van der Waals surface area contributed by atoms with Gasteiger partial charge in [0.2, 0.25) is 0 Å². The van der Waals surface area contributed by atoms with Gasteiger partial charge in [-0.15, -0.1) is 5.10 Å². The number of carbonyl (C=O) groups excluding carboxylic acids is 1. The molecule has 0 atom stereocenters. The average Bonchev–Trinajstić information content (AvgIpc) is 3.08. The van der Waals surface area contributed by atoms with Crippen molar-refractivity contribution in [3.05, 3.63) is 59.2 Å². The number of benzene rings is 2. The molecule has 0 spiro atoms. The third-order valence-electron chi connectivity index (χ3n) is 3.19. The van der Waals surface area contributed by atoms with E-state index in [0.717, 1.165) is 5.56 Å². The molecule has 0 fully saturated rings. The van der Waals surface area contributed by atoms with E-state index in [2.05, 4.69) is 15.4 Å². The number of aromatic amines is 1. The zero-order valence-corrected chi connectivity index (χ0v) is 13.6. The first-order valence-electron chi connectivity index (χ1n) is 7.29. The Morgan fingerprint density at radius 2 is 1.67 bits per heavy atom. The molecule has 0 unspecified atom stereocenters. The summed E-state index contributed by atoms with van der Waals surface area (Å²) >= 11 is 5.85. The summed E-state index contributed by atoms with van der Waals surface area (Å²) in [4.78, 5) is 11.9. The van der Waals surface area contributed by atoms with Crippen LogP contribution in [0.25, 0.3) is 11.3 Å². The van der Waals surface area contributed by atoms with E-state index in [0.29, 0.717) is 22.2 Å². The third kappa shape index (κ3) is 3.55. The van der Waals surface area contributed by atoms with Gasteiger partial charge in [0.05, 0.1) is 6.61 Å². The summed E-state index contributed by atoms with van der Waals surface area (Å²) in [7, 11) is 0. The van der Waals surface area contributed by atoms with Crippen LogP contribution in [0.3, 0.4) is 0 Å². The first-order valence-corrected chi connectivity index (χ1v) is 7.67. The molecule has 0 aliphatic rings. The molecular weight excluding hydrogens is 330 g/mol. The summed E-state index contributed by atoms with van der Waals surface area (Å²) in [5.41, 5.74) is 1.32. The molecule has 0 radical (unpaired) electrons. The number of halogens is 1. The van der Waals surface area contributed by atoms with Crippen LogP contribution in [0.5, 0.6) is 11.5 Å². The predicted molar refractivity (Wildman–Crippen MR) is 89.3 cm³/mol. The SMILES string of the molecule is CCOC(=O)c1n[nH]nc1-c1ccc(Oc2ccc(Cl)cc2)cc1. The topological polar surface area (TPSA) is 77.1 Å². The second-order valence-electron chi connectivity index (χ2n) is 4.82. The number of hydrogen-bond donors (Lipinski definition) is 1. The van der Waals surface area contributed by atoms with E-state index >= 15 is 0 Å². The van der Waals surface area contributed by atoms with Gasteiger partial charge in [-0.1, -0.05) is 11.6 Å². The Morgan fingerprint density at radius 3 is 2.29 bits per heavy atom. The minimum atomic E-state index is -0.511. The monoisotopic (exact) mass is 343 g/mol. The molecule has 1 aromatic heterocycles. The van der Waals surface area contributed by atoms with Crippen molar-refractivity contribution in [2.75, 3.05) is 6.61 Å².